The molecule has 2 unspecified atom stereocenters. The topological polar surface area (TPSA) is 120 Å². The van der Waals surface area contributed by atoms with E-state index in [1.165, 1.54) is 38.4 Å². The van der Waals surface area contributed by atoms with E-state index in [-0.39, 0.29) is 12.4 Å². The Labute approximate surface area is 194 Å². The zero-order chi connectivity index (χ0) is 23.4. The van der Waals surface area contributed by atoms with Crippen LogP contribution in [0.15, 0.2) is 71.7 Å². The van der Waals surface area contributed by atoms with Crippen molar-refractivity contribution in [1.82, 2.24) is 9.55 Å². The lowest BCUT2D eigenvalue weighted by Gasteiger charge is -2.22. The van der Waals surface area contributed by atoms with Crippen LogP contribution in [0.4, 0.5) is 5.82 Å². The lowest BCUT2D eigenvalue weighted by atomic mass is 9.93. The van der Waals surface area contributed by atoms with E-state index in [1.54, 1.807) is 0 Å². The third-order valence-electron chi connectivity index (χ3n) is 6.58. The van der Waals surface area contributed by atoms with E-state index in [9.17, 15) is 15.0 Å². The number of hydrogen-bond acceptors (Lipinski definition) is 7. The SMILES string of the molecule is Nc1ccn([C@@H]2O[C@H](CO)C(O)C2OCc2cc3ccc4cccc5ccc(c2)c3c45)c(=O)n1. The molecule has 0 aliphatic carbocycles. The van der Waals surface area contributed by atoms with E-state index in [1.807, 2.05) is 0 Å². The summed E-state index contributed by atoms with van der Waals surface area (Å²) in [6.07, 6.45) is -2.38. The number of aliphatic hydroxyl groups is 2. The maximum atomic E-state index is 12.4. The number of ether oxygens (including phenoxy) is 2. The second-order valence-electron chi connectivity index (χ2n) is 8.68. The number of hydrogen-bond donors (Lipinski definition) is 3. The van der Waals surface area contributed by atoms with Crippen LogP contribution in [-0.4, -0.2) is 44.7 Å². The average molecular weight is 457 g/mol. The summed E-state index contributed by atoms with van der Waals surface area (Å²) < 4.78 is 13.1. The summed E-state index contributed by atoms with van der Waals surface area (Å²) in [4.78, 5) is 16.1. The maximum absolute atomic E-state index is 12.4. The summed E-state index contributed by atoms with van der Waals surface area (Å²) in [5.41, 5.74) is 5.90. The highest BCUT2D eigenvalue weighted by Crippen LogP contribution is 2.36. The Morgan fingerprint density at radius 2 is 1.65 bits per heavy atom. The van der Waals surface area contributed by atoms with Crippen LogP contribution in [0.3, 0.4) is 0 Å². The number of anilines is 1. The van der Waals surface area contributed by atoms with Crippen molar-refractivity contribution in [3.05, 3.63) is 82.9 Å². The first kappa shape index (κ1) is 21.0. The van der Waals surface area contributed by atoms with Gasteiger partial charge in [0, 0.05) is 6.20 Å². The van der Waals surface area contributed by atoms with Crippen LogP contribution in [0.1, 0.15) is 11.8 Å². The first-order valence-corrected chi connectivity index (χ1v) is 11.1. The van der Waals surface area contributed by atoms with Crippen molar-refractivity contribution >= 4 is 38.1 Å². The molecule has 4 N–H and O–H groups in total. The van der Waals surface area contributed by atoms with Crippen LogP contribution in [0.2, 0.25) is 0 Å². The molecule has 34 heavy (non-hydrogen) atoms. The molecule has 4 aromatic carbocycles. The van der Waals surface area contributed by atoms with Gasteiger partial charge < -0.3 is 25.4 Å². The third kappa shape index (κ3) is 3.31. The van der Waals surface area contributed by atoms with Crippen LogP contribution in [-0.2, 0) is 16.1 Å². The Hall–Kier alpha value is -3.56. The van der Waals surface area contributed by atoms with Gasteiger partial charge in [0.25, 0.3) is 0 Å². The number of rotatable bonds is 5. The van der Waals surface area contributed by atoms with Gasteiger partial charge in [0.15, 0.2) is 6.23 Å². The number of benzene rings is 4. The summed E-state index contributed by atoms with van der Waals surface area (Å²) in [5, 5.41) is 27.4. The summed E-state index contributed by atoms with van der Waals surface area (Å²) >= 11 is 0. The van der Waals surface area contributed by atoms with Crippen LogP contribution in [0, 0.1) is 0 Å². The van der Waals surface area contributed by atoms with Gasteiger partial charge in [0.2, 0.25) is 0 Å². The van der Waals surface area contributed by atoms with Crippen molar-refractivity contribution in [2.45, 2.75) is 31.1 Å². The Kier molecular flexibility index (Phi) is 4.96. The molecule has 1 aliphatic heterocycles. The molecule has 1 fully saturated rings. The molecular formula is C26H23N3O5. The predicted octanol–water partition coefficient (Wildman–Crippen LogP) is 2.56. The van der Waals surface area contributed by atoms with Gasteiger partial charge in [-0.1, -0.05) is 42.5 Å². The molecule has 0 amide bonds. The first-order chi connectivity index (χ1) is 16.5. The molecule has 0 bridgehead atoms. The highest BCUT2D eigenvalue weighted by molar-refractivity contribution is 6.23. The number of nitrogens with two attached hydrogens (primary N) is 1. The van der Waals surface area contributed by atoms with E-state index in [2.05, 4.69) is 59.6 Å². The monoisotopic (exact) mass is 457 g/mol. The van der Waals surface area contributed by atoms with Gasteiger partial charge in [0.1, 0.15) is 24.1 Å². The minimum atomic E-state index is -1.12. The Morgan fingerprint density at radius 3 is 2.29 bits per heavy atom. The highest BCUT2D eigenvalue weighted by Gasteiger charge is 2.45. The van der Waals surface area contributed by atoms with Gasteiger partial charge in [0.05, 0.1) is 13.2 Å². The first-order valence-electron chi connectivity index (χ1n) is 11.1. The smallest absolute Gasteiger partial charge is 0.351 e. The van der Waals surface area contributed by atoms with Gasteiger partial charge >= 0.3 is 5.69 Å². The predicted molar refractivity (Wildman–Crippen MR) is 129 cm³/mol. The molecule has 0 radical (unpaired) electrons. The largest absolute Gasteiger partial charge is 0.394 e. The number of aliphatic hydroxyl groups excluding tert-OH is 2. The molecule has 4 atom stereocenters. The van der Waals surface area contributed by atoms with Crippen molar-refractivity contribution in [2.75, 3.05) is 12.3 Å². The number of nitrogen functional groups attached to an aromatic ring is 1. The van der Waals surface area contributed by atoms with Gasteiger partial charge in [-0.05, 0) is 56.1 Å². The lowest BCUT2D eigenvalue weighted by Crippen LogP contribution is -2.38. The average Bonchev–Trinajstić information content (AvgIpc) is 3.16. The molecule has 172 valence electrons. The van der Waals surface area contributed by atoms with Crippen molar-refractivity contribution < 1.29 is 19.7 Å². The Morgan fingerprint density at radius 1 is 1.00 bits per heavy atom. The van der Waals surface area contributed by atoms with Gasteiger partial charge in [-0.2, -0.15) is 4.98 Å². The molecule has 8 heteroatoms. The minimum absolute atomic E-state index is 0.0878. The van der Waals surface area contributed by atoms with E-state index >= 15 is 0 Å². The van der Waals surface area contributed by atoms with E-state index < -0.39 is 36.8 Å². The fraction of sp³-hybridized carbons (Fsp3) is 0.231. The second-order valence-corrected chi connectivity index (χ2v) is 8.68. The van der Waals surface area contributed by atoms with Crippen LogP contribution in [0.25, 0.3) is 32.3 Å². The summed E-state index contributed by atoms with van der Waals surface area (Å²) in [5.74, 6) is 0.0878. The van der Waals surface area contributed by atoms with Crippen molar-refractivity contribution in [2.24, 2.45) is 0 Å². The Balaban J connectivity index is 1.34. The van der Waals surface area contributed by atoms with Gasteiger partial charge in [-0.15, -0.1) is 0 Å². The minimum Gasteiger partial charge on any atom is -0.394 e. The molecule has 0 saturated carbocycles. The highest BCUT2D eigenvalue weighted by atomic mass is 16.6. The zero-order valence-corrected chi connectivity index (χ0v) is 18.2. The standard InChI is InChI=1S/C26H23N3O5/c27-20-8-9-29(26(32)28-20)25-24(23(31)19(12-30)34-25)33-13-14-10-17-6-4-15-2-1-3-16-5-7-18(11-14)22(17)21(15)16/h1-11,19,23-25,30-31H,12-13H2,(H2,27,28,32)/t19-,23?,24?,25-/m1/s1. The van der Waals surface area contributed by atoms with Crippen LogP contribution >= 0.6 is 0 Å². The summed E-state index contributed by atoms with van der Waals surface area (Å²) in [6.45, 7) is -0.220. The number of aromatic nitrogens is 2. The molecule has 6 rings (SSSR count). The third-order valence-corrected chi connectivity index (χ3v) is 6.58. The number of nitrogens with zero attached hydrogens (tertiary/aromatic N) is 2. The van der Waals surface area contributed by atoms with Crippen molar-refractivity contribution in [1.29, 1.82) is 0 Å². The van der Waals surface area contributed by atoms with E-state index in [0.717, 1.165) is 16.3 Å². The molecule has 0 spiro atoms. The van der Waals surface area contributed by atoms with Gasteiger partial charge in [-0.3, -0.25) is 4.57 Å². The second kappa shape index (κ2) is 8.03. The van der Waals surface area contributed by atoms with Crippen LogP contribution < -0.4 is 11.4 Å². The molecule has 1 aliphatic rings. The lowest BCUT2D eigenvalue weighted by molar-refractivity contribution is -0.0796. The molecule has 8 nitrogen and oxygen atoms in total. The van der Waals surface area contributed by atoms with Crippen LogP contribution in [0.5, 0.6) is 0 Å². The quantitative estimate of drug-likeness (QED) is 0.347. The Bertz CT molecular complexity index is 1500. The zero-order valence-electron chi connectivity index (χ0n) is 18.2. The van der Waals surface area contributed by atoms with E-state index in [0.29, 0.717) is 0 Å². The molecule has 2 heterocycles. The summed E-state index contributed by atoms with van der Waals surface area (Å²) in [6, 6.07) is 20.4. The normalized spacial score (nSPS) is 22.9. The fourth-order valence-corrected chi connectivity index (χ4v) is 4.99. The van der Waals surface area contributed by atoms with Gasteiger partial charge in [-0.25, -0.2) is 4.79 Å². The molecule has 1 aromatic heterocycles. The molecule has 5 aromatic rings. The maximum Gasteiger partial charge on any atom is 0.351 e. The molecular weight excluding hydrogens is 434 g/mol. The van der Waals surface area contributed by atoms with Crippen molar-refractivity contribution in [3.63, 3.8) is 0 Å². The fourth-order valence-electron chi connectivity index (χ4n) is 4.99. The molecule has 1 saturated heterocycles. The van der Waals surface area contributed by atoms with Crippen molar-refractivity contribution in [3.8, 4) is 0 Å². The summed E-state index contributed by atoms with van der Waals surface area (Å²) in [7, 11) is 0. The van der Waals surface area contributed by atoms with E-state index in [4.69, 9.17) is 15.2 Å².